The Bertz CT molecular complexity index is 2090. The first-order valence-corrected chi connectivity index (χ1v) is 21.3. The van der Waals surface area contributed by atoms with Gasteiger partial charge >= 0.3 is 0 Å². The Morgan fingerprint density at radius 2 is 1.62 bits per heavy atom. The normalized spacial score (nSPS) is 22.4. The molecule has 3 aromatic carbocycles. The molecule has 276 valence electrons. The predicted molar refractivity (Wildman–Crippen MR) is 206 cm³/mol. The number of carbonyl (C=O) groups excluding carboxylic acids is 2. The monoisotopic (exact) mass is 752 g/mol. The molecule has 3 aliphatic rings. The first kappa shape index (κ1) is 36.9. The first-order valence-electron chi connectivity index (χ1n) is 18.0. The number of Topliss-reactive ketones (excluding diaryl/α,β-unsaturated/α-hetero) is 2. The van der Waals surface area contributed by atoms with Gasteiger partial charge in [-0.1, -0.05) is 99.1 Å². The van der Waals surface area contributed by atoms with Crippen molar-refractivity contribution in [2.75, 3.05) is 6.54 Å². The molecule has 0 saturated heterocycles. The van der Waals surface area contributed by atoms with Gasteiger partial charge in [0.2, 0.25) is 11.6 Å². The molecule has 0 aliphatic heterocycles. The Labute approximate surface area is 316 Å². The molecular weight excluding hydrogens is 708 g/mol. The van der Waals surface area contributed by atoms with Crippen LogP contribution in [-0.2, 0) is 28.9 Å². The van der Waals surface area contributed by atoms with Gasteiger partial charge in [0.15, 0.2) is 19.7 Å². The van der Waals surface area contributed by atoms with Gasteiger partial charge in [-0.05, 0) is 70.9 Å². The number of fused-ring (bicyclic) bond motifs is 4. The van der Waals surface area contributed by atoms with Crippen LogP contribution in [0.1, 0.15) is 71.6 Å². The molecule has 9 nitrogen and oxygen atoms in total. The van der Waals surface area contributed by atoms with Crippen LogP contribution in [0.15, 0.2) is 95.5 Å². The Kier molecular flexibility index (Phi) is 9.78. The van der Waals surface area contributed by atoms with E-state index in [1.54, 1.807) is 18.2 Å². The number of nitrogens with zero attached hydrogens (tertiary/aromatic N) is 1. The van der Waals surface area contributed by atoms with E-state index in [-0.39, 0.29) is 46.8 Å². The molecule has 3 aliphatic carbocycles. The molecule has 53 heavy (non-hydrogen) atoms. The highest BCUT2D eigenvalue weighted by Gasteiger charge is 2.68. The quantitative estimate of drug-likeness (QED) is 0.0879. The Hall–Kier alpha value is -4.48. The standard InChI is InChI=1S/C42H45ClN2O7Si/c1-7-20-44-35-29-22-27-21-28-30(43)18-19-31(49-23-25-14-10-8-11-15-25)33(28)36(46)32(27)38(47)42(29,52-53(5,6)41(2,3)4)39(48)34-37(35)51-45-40(34)50-24-26-16-12-9-13-17-26/h7-19,27,29,35,44,46H,1,20-24H2,2-6H3/t27-,29-,35-,42?/m0/s1. The molecule has 1 saturated carbocycles. The summed E-state index contributed by atoms with van der Waals surface area (Å²) < 4.78 is 25.6. The van der Waals surface area contributed by atoms with Gasteiger partial charge in [-0.3, -0.25) is 9.59 Å². The van der Waals surface area contributed by atoms with Crippen molar-refractivity contribution in [2.24, 2.45) is 11.8 Å². The number of ether oxygens (including phenoxy) is 2. The highest BCUT2D eigenvalue weighted by atomic mass is 35.5. The summed E-state index contributed by atoms with van der Waals surface area (Å²) in [5, 5.41) is 20.1. The largest absolute Gasteiger partial charge is 0.507 e. The maximum absolute atomic E-state index is 15.6. The topological polar surface area (TPSA) is 120 Å². The van der Waals surface area contributed by atoms with Crippen molar-refractivity contribution in [3.63, 3.8) is 0 Å². The molecule has 1 unspecified atom stereocenters. The summed E-state index contributed by atoms with van der Waals surface area (Å²) in [5.74, 6) is -1.93. The summed E-state index contributed by atoms with van der Waals surface area (Å²) in [6.45, 7) is 14.9. The van der Waals surface area contributed by atoms with Gasteiger partial charge < -0.3 is 28.8 Å². The highest BCUT2D eigenvalue weighted by Crippen LogP contribution is 2.58. The molecule has 0 amide bonds. The minimum absolute atomic E-state index is 0.0126. The lowest BCUT2D eigenvalue weighted by molar-refractivity contribution is -0.138. The van der Waals surface area contributed by atoms with E-state index in [9.17, 15) is 5.11 Å². The maximum atomic E-state index is 15.6. The van der Waals surface area contributed by atoms with Crippen molar-refractivity contribution in [1.29, 1.82) is 0 Å². The minimum Gasteiger partial charge on any atom is -0.507 e. The van der Waals surface area contributed by atoms with E-state index in [1.165, 1.54) is 0 Å². The molecule has 0 radical (unpaired) electrons. The van der Waals surface area contributed by atoms with Crippen molar-refractivity contribution in [2.45, 2.75) is 76.6 Å². The number of aromatic nitrogens is 1. The van der Waals surface area contributed by atoms with Crippen LogP contribution in [0.4, 0.5) is 0 Å². The summed E-state index contributed by atoms with van der Waals surface area (Å²) in [6, 6.07) is 22.0. The lowest BCUT2D eigenvalue weighted by Crippen LogP contribution is -2.68. The van der Waals surface area contributed by atoms with E-state index < -0.39 is 43.4 Å². The van der Waals surface area contributed by atoms with Gasteiger partial charge in [-0.2, -0.15) is 0 Å². The number of rotatable bonds is 11. The third kappa shape index (κ3) is 6.35. The molecule has 4 atom stereocenters. The van der Waals surface area contributed by atoms with E-state index in [2.05, 4.69) is 37.8 Å². The van der Waals surface area contributed by atoms with E-state index in [0.29, 0.717) is 41.3 Å². The molecule has 0 bridgehead atoms. The molecule has 1 aromatic heterocycles. The molecule has 4 aromatic rings. The van der Waals surface area contributed by atoms with Gasteiger partial charge in [0, 0.05) is 23.1 Å². The molecular formula is C42H45ClN2O7Si. The van der Waals surface area contributed by atoms with Crippen LogP contribution in [0, 0.1) is 11.8 Å². The number of aliphatic hydroxyl groups excluding tert-OH is 1. The molecule has 11 heteroatoms. The molecule has 1 heterocycles. The Morgan fingerprint density at radius 1 is 0.981 bits per heavy atom. The van der Waals surface area contributed by atoms with Gasteiger partial charge in [0.25, 0.3) is 5.88 Å². The number of aliphatic hydroxyl groups is 1. The van der Waals surface area contributed by atoms with E-state index in [4.69, 9.17) is 30.0 Å². The summed E-state index contributed by atoms with van der Waals surface area (Å²) in [7, 11) is -2.90. The average Bonchev–Trinajstić information content (AvgIpc) is 3.56. The van der Waals surface area contributed by atoms with Crippen molar-refractivity contribution >= 4 is 37.2 Å². The number of hydrogen-bond donors (Lipinski definition) is 2. The minimum atomic E-state index is -2.90. The van der Waals surface area contributed by atoms with Crippen molar-refractivity contribution in [3.05, 3.63) is 130 Å². The van der Waals surface area contributed by atoms with Crippen LogP contribution in [-0.4, -0.2) is 42.3 Å². The zero-order chi connectivity index (χ0) is 37.7. The predicted octanol–water partition coefficient (Wildman–Crippen LogP) is 8.99. The number of benzene rings is 3. The molecule has 0 spiro atoms. The lowest BCUT2D eigenvalue weighted by Gasteiger charge is -2.54. The molecule has 7 rings (SSSR count). The third-order valence-corrected chi connectivity index (χ3v) is 16.1. The SMILES string of the molecule is C=CCN[C@@H]1c2onc(OCc3ccccc3)c2C(=O)C2(O[Si](C)(C)C(C)(C)C)C(=O)C3=C(O)c4c(OCc5ccccc5)ccc(Cl)c4C[C@H]3C[C@@H]12. The van der Waals surface area contributed by atoms with Crippen LogP contribution in [0.3, 0.4) is 0 Å². The second-order valence-corrected chi connectivity index (χ2v) is 20.7. The Balaban J connectivity index is 1.39. The van der Waals surface area contributed by atoms with E-state index in [1.807, 2.05) is 73.8 Å². The fourth-order valence-corrected chi connectivity index (χ4v) is 9.32. The number of hydrogen-bond acceptors (Lipinski definition) is 9. The second-order valence-electron chi connectivity index (χ2n) is 15.6. The summed E-state index contributed by atoms with van der Waals surface area (Å²) in [5.41, 5.74) is 1.04. The zero-order valence-corrected chi connectivity index (χ0v) is 32.5. The van der Waals surface area contributed by atoms with Gasteiger partial charge in [0.05, 0.1) is 11.6 Å². The molecule has 1 fully saturated rings. The van der Waals surface area contributed by atoms with Gasteiger partial charge in [-0.25, -0.2) is 0 Å². The number of nitrogens with one attached hydrogen (secondary N) is 1. The highest BCUT2D eigenvalue weighted by molar-refractivity contribution is 6.74. The number of ketones is 2. The van der Waals surface area contributed by atoms with Crippen molar-refractivity contribution < 1.29 is 33.1 Å². The second kappa shape index (κ2) is 14.1. The van der Waals surface area contributed by atoms with Crippen LogP contribution in [0.5, 0.6) is 11.6 Å². The maximum Gasteiger partial charge on any atom is 0.265 e. The average molecular weight is 753 g/mol. The number of halogens is 1. The Morgan fingerprint density at radius 3 is 2.25 bits per heavy atom. The van der Waals surface area contributed by atoms with Crippen LogP contribution >= 0.6 is 11.6 Å². The van der Waals surface area contributed by atoms with Crippen LogP contribution in [0.25, 0.3) is 5.76 Å². The number of carbonyl (C=O) groups is 2. The summed E-state index contributed by atoms with van der Waals surface area (Å²) in [4.78, 5) is 31.0. The van der Waals surface area contributed by atoms with Crippen molar-refractivity contribution in [1.82, 2.24) is 10.5 Å². The zero-order valence-electron chi connectivity index (χ0n) is 30.7. The van der Waals surface area contributed by atoms with Crippen molar-refractivity contribution in [3.8, 4) is 11.6 Å². The summed E-state index contributed by atoms with van der Waals surface area (Å²) >= 11 is 6.82. The molecule has 2 N–H and O–H groups in total. The van der Waals surface area contributed by atoms with Gasteiger partial charge in [-0.15, -0.1) is 6.58 Å². The van der Waals surface area contributed by atoms with Crippen LogP contribution in [0.2, 0.25) is 23.2 Å². The smallest absolute Gasteiger partial charge is 0.265 e. The third-order valence-electron chi connectivity index (χ3n) is 11.3. The fraction of sp³-hybridized carbons (Fsp3) is 0.357. The van der Waals surface area contributed by atoms with Crippen LogP contribution < -0.4 is 14.8 Å². The fourth-order valence-electron chi connectivity index (χ4n) is 7.64. The van der Waals surface area contributed by atoms with E-state index >= 15 is 9.59 Å². The summed E-state index contributed by atoms with van der Waals surface area (Å²) in [6.07, 6.45) is 2.38. The lowest BCUT2D eigenvalue weighted by atomic mass is 9.57. The van der Waals surface area contributed by atoms with E-state index in [0.717, 1.165) is 11.1 Å². The van der Waals surface area contributed by atoms with Gasteiger partial charge in [0.1, 0.15) is 30.3 Å². The first-order chi connectivity index (χ1) is 25.3.